The second-order valence-corrected chi connectivity index (χ2v) is 3.39. The van der Waals surface area contributed by atoms with E-state index in [1.54, 1.807) is 0 Å². The molecule has 13 nitrogen and oxygen atoms in total. The van der Waals surface area contributed by atoms with Crippen LogP contribution < -0.4 is 4.74 Å². The first-order valence-corrected chi connectivity index (χ1v) is 4.84. The van der Waals surface area contributed by atoms with Gasteiger partial charge in [-0.1, -0.05) is 0 Å². The molecule has 13 heteroatoms. The van der Waals surface area contributed by atoms with Crippen molar-refractivity contribution in [2.75, 3.05) is 6.61 Å². The third kappa shape index (κ3) is 3.09. The Morgan fingerprint density at radius 2 is 1.62 bits per heavy atom. The molecule has 21 heavy (non-hydrogen) atoms. The lowest BCUT2D eigenvalue weighted by Gasteiger charge is -2.07. The van der Waals surface area contributed by atoms with Crippen LogP contribution in [0.2, 0.25) is 0 Å². The van der Waals surface area contributed by atoms with Crippen LogP contribution in [0.3, 0.4) is 0 Å². The Morgan fingerprint density at radius 3 is 2.00 bits per heavy atom. The zero-order valence-corrected chi connectivity index (χ0v) is 9.79. The van der Waals surface area contributed by atoms with Crippen LogP contribution in [0.25, 0.3) is 0 Å². The molecule has 0 saturated carbocycles. The van der Waals surface area contributed by atoms with Crippen molar-refractivity contribution >= 4 is 23.0 Å². The van der Waals surface area contributed by atoms with Crippen LogP contribution in [0.1, 0.15) is 0 Å². The van der Waals surface area contributed by atoms with Gasteiger partial charge in [-0.2, -0.15) is 0 Å². The van der Waals surface area contributed by atoms with Gasteiger partial charge >= 0.3 is 23.0 Å². The van der Waals surface area contributed by atoms with Gasteiger partial charge in [-0.3, -0.25) is 30.3 Å². The van der Waals surface area contributed by atoms with E-state index in [0.717, 1.165) is 0 Å². The lowest BCUT2D eigenvalue weighted by atomic mass is 10.2. The van der Waals surface area contributed by atoms with Crippen molar-refractivity contribution in [2.45, 2.75) is 0 Å². The fraction of sp³-hybridized carbons (Fsp3) is 0.125. The summed E-state index contributed by atoms with van der Waals surface area (Å²) in [6, 6.07) is 0.182. The minimum atomic E-state index is -1.61. The van der Waals surface area contributed by atoms with E-state index in [1.807, 2.05) is 0 Å². The predicted molar refractivity (Wildman–Crippen MR) is 61.2 cm³/mol. The maximum Gasteiger partial charge on any atom is 0.391 e. The van der Waals surface area contributed by atoms with Gasteiger partial charge in [0.2, 0.25) is 5.75 Å². The summed E-state index contributed by atoms with van der Waals surface area (Å²) in [4.78, 5) is 38.7. The molecule has 1 aromatic carbocycles. The normalized spacial score (nSPS) is 9.90. The van der Waals surface area contributed by atoms with Gasteiger partial charge in [0.05, 0.1) is 14.8 Å². The minimum absolute atomic E-state index is 0.182. The highest BCUT2D eigenvalue weighted by Crippen LogP contribution is 2.48. The molecule has 112 valence electrons. The monoisotopic (exact) mass is 303 g/mol. The highest BCUT2D eigenvalue weighted by atomic mass is 16.6. The number of nitrogens with zero attached hydrogens (tertiary/aromatic N) is 3. The number of hydrogen-bond acceptors (Lipinski definition) is 9. The van der Waals surface area contributed by atoms with E-state index in [2.05, 4.69) is 4.74 Å². The molecule has 0 atom stereocenters. The number of phenols is 1. The molecule has 0 radical (unpaired) electrons. The van der Waals surface area contributed by atoms with Crippen LogP contribution in [0, 0.1) is 30.3 Å². The molecule has 0 amide bonds. The van der Waals surface area contributed by atoms with Crippen molar-refractivity contribution in [2.24, 2.45) is 0 Å². The molecule has 0 bridgehead atoms. The second-order valence-electron chi connectivity index (χ2n) is 3.39. The van der Waals surface area contributed by atoms with Crippen LogP contribution in [-0.4, -0.2) is 37.6 Å². The number of rotatable bonds is 6. The number of hydrogen-bond donors (Lipinski definition) is 2. The fourth-order valence-electron chi connectivity index (χ4n) is 1.34. The summed E-state index contributed by atoms with van der Waals surface area (Å²) in [5.74, 6) is -4.25. The zero-order valence-electron chi connectivity index (χ0n) is 9.79. The van der Waals surface area contributed by atoms with Crippen LogP contribution >= 0.6 is 0 Å². The zero-order chi connectivity index (χ0) is 16.3. The van der Waals surface area contributed by atoms with E-state index < -0.39 is 55.9 Å². The van der Waals surface area contributed by atoms with Crippen molar-refractivity contribution < 1.29 is 34.5 Å². The molecule has 0 aliphatic heterocycles. The minimum Gasteiger partial charge on any atom is -0.499 e. The molecule has 0 heterocycles. The van der Waals surface area contributed by atoms with E-state index in [4.69, 9.17) is 5.11 Å². The summed E-state index contributed by atoms with van der Waals surface area (Å²) >= 11 is 0. The number of phenolic OH excluding ortho intramolecular Hbond substituents is 1. The number of carboxylic acid groups (broad SMARTS) is 1. The summed E-state index contributed by atoms with van der Waals surface area (Å²) in [6.07, 6.45) is 0. The van der Waals surface area contributed by atoms with Gasteiger partial charge in [-0.15, -0.1) is 0 Å². The highest BCUT2D eigenvalue weighted by molar-refractivity contribution is 5.75. The van der Waals surface area contributed by atoms with Gasteiger partial charge < -0.3 is 14.9 Å². The topological polar surface area (TPSA) is 196 Å². The Bertz CT molecular complexity index is 654. The summed E-state index contributed by atoms with van der Waals surface area (Å²) in [7, 11) is 0. The number of aliphatic carboxylic acids is 1. The Kier molecular flexibility index (Phi) is 4.17. The van der Waals surface area contributed by atoms with E-state index >= 15 is 0 Å². The maximum absolute atomic E-state index is 10.8. The lowest BCUT2D eigenvalue weighted by Crippen LogP contribution is -2.11. The number of ether oxygens (including phenoxy) is 1. The molecule has 0 unspecified atom stereocenters. The molecule has 0 saturated heterocycles. The Morgan fingerprint density at radius 1 is 1.10 bits per heavy atom. The molecule has 0 aromatic heterocycles. The summed E-state index contributed by atoms with van der Waals surface area (Å²) in [5.41, 5.74) is -3.93. The van der Waals surface area contributed by atoms with Gasteiger partial charge in [0.1, 0.15) is 6.07 Å². The quantitative estimate of drug-likeness (QED) is 0.553. The van der Waals surface area contributed by atoms with Crippen LogP contribution in [0.15, 0.2) is 6.07 Å². The van der Waals surface area contributed by atoms with Crippen molar-refractivity contribution in [3.63, 3.8) is 0 Å². The average Bonchev–Trinajstić information content (AvgIpc) is 2.35. The van der Waals surface area contributed by atoms with Gasteiger partial charge in [0, 0.05) is 0 Å². The van der Waals surface area contributed by atoms with Gasteiger partial charge in [-0.05, 0) is 0 Å². The van der Waals surface area contributed by atoms with Gasteiger partial charge in [-0.25, -0.2) is 4.79 Å². The summed E-state index contributed by atoms with van der Waals surface area (Å²) in [6.45, 7) is -1.20. The molecular weight excluding hydrogens is 298 g/mol. The van der Waals surface area contributed by atoms with Gasteiger partial charge in [0.25, 0.3) is 5.75 Å². The first-order valence-electron chi connectivity index (χ1n) is 4.84. The SMILES string of the molecule is O=C(O)COc1c(O)c([N+](=O)[O-])cc([N+](=O)[O-])c1[N+](=O)[O-]. The first-order chi connectivity index (χ1) is 9.66. The number of carbonyl (C=O) groups is 1. The molecule has 2 N–H and O–H groups in total. The predicted octanol–water partition coefficient (Wildman–Crippen LogP) is 0.580. The number of nitro benzene ring substituents is 3. The molecule has 0 aliphatic carbocycles. The van der Waals surface area contributed by atoms with Crippen molar-refractivity contribution in [3.8, 4) is 11.5 Å². The highest BCUT2D eigenvalue weighted by Gasteiger charge is 2.39. The van der Waals surface area contributed by atoms with Crippen LogP contribution in [0.5, 0.6) is 11.5 Å². The number of nitro groups is 3. The van der Waals surface area contributed by atoms with E-state index in [0.29, 0.717) is 0 Å². The van der Waals surface area contributed by atoms with Crippen molar-refractivity contribution in [1.29, 1.82) is 0 Å². The third-order valence-corrected chi connectivity index (χ3v) is 2.10. The summed E-state index contributed by atoms with van der Waals surface area (Å²) in [5, 5.41) is 50.1. The van der Waals surface area contributed by atoms with Crippen LogP contribution in [-0.2, 0) is 4.79 Å². The molecule has 0 aliphatic rings. The van der Waals surface area contributed by atoms with E-state index in [-0.39, 0.29) is 6.07 Å². The van der Waals surface area contributed by atoms with E-state index in [1.165, 1.54) is 0 Å². The molecule has 0 spiro atoms. The van der Waals surface area contributed by atoms with E-state index in [9.17, 15) is 40.2 Å². The maximum atomic E-state index is 10.8. The fourth-order valence-corrected chi connectivity index (χ4v) is 1.34. The molecule has 1 aromatic rings. The number of benzene rings is 1. The Labute approximate surface area is 113 Å². The Hall–Kier alpha value is -3.51. The van der Waals surface area contributed by atoms with Crippen molar-refractivity contribution in [1.82, 2.24) is 0 Å². The Balaban J connectivity index is 3.68. The average molecular weight is 303 g/mol. The summed E-state index contributed by atoms with van der Waals surface area (Å²) < 4.78 is 4.37. The number of carboxylic acids is 1. The first kappa shape index (κ1) is 15.5. The molecule has 1 rings (SSSR count). The van der Waals surface area contributed by atoms with Gasteiger partial charge in [0.15, 0.2) is 6.61 Å². The second kappa shape index (κ2) is 5.64. The third-order valence-electron chi connectivity index (χ3n) is 2.10. The van der Waals surface area contributed by atoms with Crippen molar-refractivity contribution in [3.05, 3.63) is 36.4 Å². The number of aromatic hydroxyl groups is 1. The smallest absolute Gasteiger partial charge is 0.391 e. The largest absolute Gasteiger partial charge is 0.499 e. The molecule has 0 fully saturated rings. The van der Waals surface area contributed by atoms with Crippen LogP contribution in [0.4, 0.5) is 17.1 Å². The lowest BCUT2D eigenvalue weighted by molar-refractivity contribution is -0.425. The standard InChI is InChI=1S/C8H5N3O10/c12-5(13)2-21-8-6(11(19)20)3(9(15)16)1-4(7(8)14)10(17)18/h1,14H,2H2,(H,12,13). The molecular formula is C8H5N3O10.